The highest BCUT2D eigenvalue weighted by Crippen LogP contribution is 2.23. The summed E-state index contributed by atoms with van der Waals surface area (Å²) in [6, 6.07) is 9.25. The summed E-state index contributed by atoms with van der Waals surface area (Å²) >= 11 is 0. The minimum atomic E-state index is -0.401. The average Bonchev–Trinajstić information content (AvgIpc) is 3.02. The van der Waals surface area contributed by atoms with Crippen molar-refractivity contribution in [2.24, 2.45) is 5.41 Å². The number of rotatable bonds is 7. The Balaban J connectivity index is 1.91. The highest BCUT2D eigenvalue weighted by molar-refractivity contribution is 5.89. The number of amides is 2. The van der Waals surface area contributed by atoms with E-state index in [-0.39, 0.29) is 23.3 Å². The molecule has 1 aliphatic heterocycles. The average molecular weight is 346 g/mol. The van der Waals surface area contributed by atoms with E-state index in [1.807, 2.05) is 44.2 Å². The van der Waals surface area contributed by atoms with Crippen LogP contribution in [0.3, 0.4) is 0 Å². The lowest BCUT2D eigenvalue weighted by atomic mass is 9.87. The van der Waals surface area contributed by atoms with E-state index in [0.717, 1.165) is 12.0 Å². The number of nitrogens with zero attached hydrogens (tertiary/aromatic N) is 1. The second-order valence-corrected chi connectivity index (χ2v) is 7.84. The first-order chi connectivity index (χ1) is 11.8. The molecule has 0 bridgehead atoms. The van der Waals surface area contributed by atoms with Crippen molar-refractivity contribution in [1.29, 1.82) is 0 Å². The quantitative estimate of drug-likeness (QED) is 0.795. The Bertz CT molecular complexity index is 584. The fraction of sp³-hybridized carbons (Fsp3) is 0.600. The number of carbonyl (C=O) groups excluding carboxylic acids is 2. The van der Waals surface area contributed by atoms with E-state index >= 15 is 0 Å². The van der Waals surface area contributed by atoms with Gasteiger partial charge in [0.25, 0.3) is 0 Å². The summed E-state index contributed by atoms with van der Waals surface area (Å²) in [6.45, 7) is 6.93. The van der Waals surface area contributed by atoms with Gasteiger partial charge < -0.3 is 15.3 Å². The van der Waals surface area contributed by atoms with Crippen LogP contribution in [0.25, 0.3) is 0 Å². The fourth-order valence-corrected chi connectivity index (χ4v) is 3.53. The summed E-state index contributed by atoms with van der Waals surface area (Å²) in [4.78, 5) is 26.9. The van der Waals surface area contributed by atoms with Crippen LogP contribution in [0, 0.1) is 5.41 Å². The van der Waals surface area contributed by atoms with Crippen LogP contribution in [0.5, 0.6) is 0 Å². The van der Waals surface area contributed by atoms with Gasteiger partial charge in [-0.1, -0.05) is 44.2 Å². The van der Waals surface area contributed by atoms with E-state index in [9.17, 15) is 14.7 Å². The molecule has 5 heteroatoms. The van der Waals surface area contributed by atoms with Crippen LogP contribution < -0.4 is 5.32 Å². The molecule has 2 amide bonds. The molecule has 2 N–H and O–H groups in total. The monoisotopic (exact) mass is 346 g/mol. The first kappa shape index (κ1) is 19.4. The SMILES string of the molecule is CC(O)CC(C)(C)CNC(=O)C1CCCN1C(=O)Cc1ccccc1. The number of carbonyl (C=O) groups is 2. The lowest BCUT2D eigenvalue weighted by Gasteiger charge is -2.29. The highest BCUT2D eigenvalue weighted by atomic mass is 16.3. The zero-order valence-corrected chi connectivity index (χ0v) is 15.5. The highest BCUT2D eigenvalue weighted by Gasteiger charge is 2.34. The molecule has 1 fully saturated rings. The second-order valence-electron chi connectivity index (χ2n) is 7.84. The van der Waals surface area contributed by atoms with Crippen LogP contribution in [0.2, 0.25) is 0 Å². The lowest BCUT2D eigenvalue weighted by Crippen LogP contribution is -2.48. The van der Waals surface area contributed by atoms with Crippen LogP contribution in [0.1, 0.15) is 45.6 Å². The molecule has 0 aliphatic carbocycles. The summed E-state index contributed by atoms with van der Waals surface area (Å²) in [5.74, 6) is -0.0790. The molecule has 1 heterocycles. The van der Waals surface area contributed by atoms with Gasteiger partial charge in [-0.2, -0.15) is 0 Å². The van der Waals surface area contributed by atoms with Crippen molar-refractivity contribution < 1.29 is 14.7 Å². The summed E-state index contributed by atoms with van der Waals surface area (Å²) in [5.41, 5.74) is 0.790. The lowest BCUT2D eigenvalue weighted by molar-refractivity contribution is -0.138. The van der Waals surface area contributed by atoms with E-state index < -0.39 is 6.10 Å². The van der Waals surface area contributed by atoms with Crippen molar-refractivity contribution in [3.05, 3.63) is 35.9 Å². The van der Waals surface area contributed by atoms with Gasteiger partial charge in [0.2, 0.25) is 11.8 Å². The van der Waals surface area contributed by atoms with Crippen LogP contribution in [-0.2, 0) is 16.0 Å². The van der Waals surface area contributed by atoms with Crippen LogP contribution in [-0.4, -0.2) is 47.1 Å². The van der Waals surface area contributed by atoms with Gasteiger partial charge in [0.05, 0.1) is 12.5 Å². The van der Waals surface area contributed by atoms with Crippen molar-refractivity contribution in [2.75, 3.05) is 13.1 Å². The molecule has 2 rings (SSSR count). The number of benzene rings is 1. The maximum atomic E-state index is 12.6. The van der Waals surface area contributed by atoms with Gasteiger partial charge in [-0.15, -0.1) is 0 Å². The molecule has 1 aromatic rings. The topological polar surface area (TPSA) is 69.6 Å². The molecular formula is C20H30N2O3. The van der Waals surface area contributed by atoms with Gasteiger partial charge in [0.15, 0.2) is 0 Å². The smallest absolute Gasteiger partial charge is 0.242 e. The Labute approximate surface area is 150 Å². The third-order valence-corrected chi connectivity index (χ3v) is 4.66. The van der Waals surface area contributed by atoms with Gasteiger partial charge in [0, 0.05) is 13.1 Å². The number of hydrogen-bond acceptors (Lipinski definition) is 3. The van der Waals surface area contributed by atoms with E-state index in [1.165, 1.54) is 0 Å². The number of hydrogen-bond donors (Lipinski definition) is 2. The van der Waals surface area contributed by atoms with Gasteiger partial charge in [-0.25, -0.2) is 0 Å². The molecule has 0 radical (unpaired) electrons. The Kier molecular flexibility index (Phi) is 6.59. The van der Waals surface area contributed by atoms with Crippen molar-refractivity contribution in [3.8, 4) is 0 Å². The first-order valence-corrected chi connectivity index (χ1v) is 9.08. The van der Waals surface area contributed by atoms with E-state index in [2.05, 4.69) is 5.32 Å². The minimum Gasteiger partial charge on any atom is -0.393 e. The Morgan fingerprint density at radius 2 is 2.00 bits per heavy atom. The number of aliphatic hydroxyl groups excluding tert-OH is 1. The number of nitrogens with one attached hydrogen (secondary N) is 1. The van der Waals surface area contributed by atoms with Crippen molar-refractivity contribution in [3.63, 3.8) is 0 Å². The Hall–Kier alpha value is -1.88. The van der Waals surface area contributed by atoms with Crippen LogP contribution in [0.4, 0.5) is 0 Å². The van der Waals surface area contributed by atoms with Gasteiger partial charge in [-0.05, 0) is 37.2 Å². The largest absolute Gasteiger partial charge is 0.393 e. The summed E-state index contributed by atoms with van der Waals surface area (Å²) < 4.78 is 0. The third kappa shape index (κ3) is 5.85. The van der Waals surface area contributed by atoms with E-state index in [0.29, 0.717) is 32.4 Å². The molecule has 1 saturated heterocycles. The molecule has 0 spiro atoms. The Morgan fingerprint density at radius 1 is 1.32 bits per heavy atom. The molecule has 1 aliphatic rings. The molecule has 5 nitrogen and oxygen atoms in total. The minimum absolute atomic E-state index is 0.00657. The van der Waals surface area contributed by atoms with Crippen molar-refractivity contribution in [1.82, 2.24) is 10.2 Å². The zero-order valence-electron chi connectivity index (χ0n) is 15.5. The molecule has 0 aromatic heterocycles. The van der Waals surface area contributed by atoms with Gasteiger partial charge in [0.1, 0.15) is 6.04 Å². The number of likely N-dealkylation sites (tertiary alicyclic amines) is 1. The third-order valence-electron chi connectivity index (χ3n) is 4.66. The Morgan fingerprint density at radius 3 is 2.64 bits per heavy atom. The summed E-state index contributed by atoms with van der Waals surface area (Å²) in [6.07, 6.45) is 2.12. The first-order valence-electron chi connectivity index (χ1n) is 9.08. The molecule has 2 unspecified atom stereocenters. The van der Waals surface area contributed by atoms with E-state index in [4.69, 9.17) is 0 Å². The molecule has 25 heavy (non-hydrogen) atoms. The van der Waals surface area contributed by atoms with Gasteiger partial charge >= 0.3 is 0 Å². The summed E-state index contributed by atoms with van der Waals surface area (Å²) in [7, 11) is 0. The predicted octanol–water partition coefficient (Wildman–Crippen LogP) is 2.13. The van der Waals surface area contributed by atoms with E-state index in [1.54, 1.807) is 11.8 Å². The maximum Gasteiger partial charge on any atom is 0.242 e. The molecule has 0 saturated carbocycles. The fourth-order valence-electron chi connectivity index (χ4n) is 3.53. The molecule has 2 atom stereocenters. The van der Waals surface area contributed by atoms with Crippen LogP contribution in [0.15, 0.2) is 30.3 Å². The zero-order chi connectivity index (χ0) is 18.4. The molecule has 1 aromatic carbocycles. The predicted molar refractivity (Wildman–Crippen MR) is 98.0 cm³/mol. The molecular weight excluding hydrogens is 316 g/mol. The normalized spacial score (nSPS) is 18.9. The van der Waals surface area contributed by atoms with Crippen molar-refractivity contribution >= 4 is 11.8 Å². The molecule has 138 valence electrons. The standard InChI is InChI=1S/C20H30N2O3/c1-15(23)13-20(2,3)14-21-19(25)17-10-7-11-22(17)18(24)12-16-8-5-4-6-9-16/h4-6,8-9,15,17,23H,7,10-14H2,1-3H3,(H,21,25). The van der Waals surface area contributed by atoms with Crippen molar-refractivity contribution in [2.45, 2.75) is 58.6 Å². The number of aliphatic hydroxyl groups is 1. The maximum absolute atomic E-state index is 12.6. The summed E-state index contributed by atoms with van der Waals surface area (Å²) in [5, 5.41) is 12.5. The second kappa shape index (κ2) is 8.48. The van der Waals surface area contributed by atoms with Crippen LogP contribution >= 0.6 is 0 Å². The van der Waals surface area contributed by atoms with Gasteiger partial charge in [-0.3, -0.25) is 9.59 Å².